The van der Waals surface area contributed by atoms with Crippen molar-refractivity contribution in [3.63, 3.8) is 0 Å². The lowest BCUT2D eigenvalue weighted by Gasteiger charge is -2.03. The van der Waals surface area contributed by atoms with E-state index < -0.39 is 9.84 Å². The van der Waals surface area contributed by atoms with Gasteiger partial charge in [-0.05, 0) is 17.2 Å². The summed E-state index contributed by atoms with van der Waals surface area (Å²) in [6, 6.07) is 17.7. The molecule has 0 fully saturated rings. The summed E-state index contributed by atoms with van der Waals surface area (Å²) in [7, 11) is -3.19. The van der Waals surface area contributed by atoms with E-state index in [-0.39, 0.29) is 4.90 Å². The number of rotatable bonds is 2. The molecule has 3 heteroatoms. The summed E-state index contributed by atoms with van der Waals surface area (Å²) in [5.41, 5.74) is 1.76. The Kier molecular flexibility index (Phi) is 2.79. The van der Waals surface area contributed by atoms with Crippen LogP contribution in [0.5, 0.6) is 0 Å². The van der Waals surface area contributed by atoms with Crippen molar-refractivity contribution < 1.29 is 8.42 Å². The van der Waals surface area contributed by atoms with E-state index in [9.17, 15) is 8.42 Å². The third kappa shape index (κ3) is 2.31. The minimum Gasteiger partial charge on any atom is -0.224 e. The molecule has 0 amide bonds. The van der Waals surface area contributed by atoms with Crippen molar-refractivity contribution in [2.45, 2.75) is 4.90 Å². The molecule has 0 aliphatic heterocycles. The fourth-order valence-corrected chi connectivity index (χ4v) is 2.07. The number of sulfone groups is 1. The van der Waals surface area contributed by atoms with Gasteiger partial charge < -0.3 is 0 Å². The molecule has 1 radical (unpaired) electrons. The minimum absolute atomic E-state index is 0.230. The first-order valence-electron chi connectivity index (χ1n) is 4.85. The lowest BCUT2D eigenvalue weighted by Crippen LogP contribution is -1.97. The lowest BCUT2D eigenvalue weighted by molar-refractivity contribution is 0.602. The molecule has 16 heavy (non-hydrogen) atoms. The van der Waals surface area contributed by atoms with Crippen LogP contribution >= 0.6 is 0 Å². The first kappa shape index (κ1) is 10.9. The van der Waals surface area contributed by atoms with Crippen LogP contribution in [0.4, 0.5) is 0 Å². The molecule has 0 aliphatic rings. The Hall–Kier alpha value is -1.61. The van der Waals surface area contributed by atoms with Gasteiger partial charge >= 0.3 is 0 Å². The second-order valence-corrected chi connectivity index (χ2v) is 5.55. The van der Waals surface area contributed by atoms with Crippen LogP contribution in [0.2, 0.25) is 0 Å². The van der Waals surface area contributed by atoms with E-state index in [0.717, 1.165) is 11.1 Å². The third-order valence-corrected chi connectivity index (χ3v) is 3.29. The predicted octanol–water partition coefficient (Wildman–Crippen LogP) is 2.56. The van der Waals surface area contributed by atoms with Gasteiger partial charge in [0.2, 0.25) is 0 Å². The van der Waals surface area contributed by atoms with E-state index in [0.29, 0.717) is 0 Å². The first-order chi connectivity index (χ1) is 7.57. The highest BCUT2D eigenvalue weighted by Crippen LogP contribution is 2.21. The number of hydrogen-bond donors (Lipinski definition) is 0. The summed E-state index contributed by atoms with van der Waals surface area (Å²) < 4.78 is 22.8. The fraction of sp³-hybridized carbons (Fsp3) is 0.0769. The smallest absolute Gasteiger partial charge is 0.176 e. The maximum Gasteiger partial charge on any atom is 0.176 e. The van der Waals surface area contributed by atoms with Gasteiger partial charge in [-0.15, -0.1) is 0 Å². The molecule has 0 aromatic heterocycles. The molecule has 2 aromatic carbocycles. The zero-order chi connectivity index (χ0) is 11.6. The van der Waals surface area contributed by atoms with Gasteiger partial charge in [0.15, 0.2) is 9.84 Å². The summed E-state index contributed by atoms with van der Waals surface area (Å²) in [5, 5.41) is 0. The van der Waals surface area contributed by atoms with Crippen LogP contribution in [0, 0.1) is 6.07 Å². The molecule has 0 saturated heterocycles. The SMILES string of the molecule is CS(=O)(=O)c1[c]c(-c2ccccc2)ccc1. The van der Waals surface area contributed by atoms with Gasteiger partial charge in [0.05, 0.1) is 4.90 Å². The van der Waals surface area contributed by atoms with Crippen molar-refractivity contribution >= 4 is 9.84 Å². The lowest BCUT2D eigenvalue weighted by atomic mass is 10.1. The molecule has 0 bridgehead atoms. The molecule has 2 rings (SSSR count). The Morgan fingerprint density at radius 2 is 1.62 bits per heavy atom. The van der Waals surface area contributed by atoms with Crippen molar-refractivity contribution in [2.24, 2.45) is 0 Å². The molecule has 0 atom stereocenters. The largest absolute Gasteiger partial charge is 0.224 e. The van der Waals surface area contributed by atoms with Gasteiger partial charge in [0, 0.05) is 12.3 Å². The van der Waals surface area contributed by atoms with Crippen LogP contribution < -0.4 is 0 Å². The highest BCUT2D eigenvalue weighted by atomic mass is 32.2. The van der Waals surface area contributed by atoms with Crippen molar-refractivity contribution in [3.05, 3.63) is 54.6 Å². The van der Waals surface area contributed by atoms with Crippen LogP contribution in [-0.4, -0.2) is 14.7 Å². The van der Waals surface area contributed by atoms with Crippen LogP contribution in [0.1, 0.15) is 0 Å². The Bertz CT molecular complexity index is 586. The molecule has 2 aromatic rings. The van der Waals surface area contributed by atoms with Crippen LogP contribution in [0.25, 0.3) is 11.1 Å². The van der Waals surface area contributed by atoms with E-state index in [4.69, 9.17) is 0 Å². The zero-order valence-corrected chi connectivity index (χ0v) is 9.66. The zero-order valence-electron chi connectivity index (χ0n) is 8.84. The third-order valence-electron chi connectivity index (χ3n) is 2.25. The van der Waals surface area contributed by atoms with E-state index in [1.807, 2.05) is 36.4 Å². The molecule has 0 saturated carbocycles. The predicted molar refractivity (Wildman–Crippen MR) is 63.8 cm³/mol. The summed E-state index contributed by atoms with van der Waals surface area (Å²) >= 11 is 0. The van der Waals surface area contributed by atoms with Crippen molar-refractivity contribution in [1.82, 2.24) is 0 Å². The van der Waals surface area contributed by atoms with E-state index in [1.165, 1.54) is 6.26 Å². The van der Waals surface area contributed by atoms with Crippen LogP contribution in [0.3, 0.4) is 0 Å². The molecular formula is C13H11O2S. The van der Waals surface area contributed by atoms with Gasteiger partial charge in [-0.2, -0.15) is 0 Å². The molecule has 0 heterocycles. The molecular weight excluding hydrogens is 220 g/mol. The summed E-state index contributed by atoms with van der Waals surface area (Å²) in [5.74, 6) is 0. The minimum atomic E-state index is -3.19. The maximum absolute atomic E-state index is 11.4. The standard InChI is InChI=1S/C13H11O2S/c1-16(14,15)13-9-5-8-12(10-13)11-6-3-2-4-7-11/h2-9H,1H3. The Balaban J connectivity index is 2.53. The normalized spacial score (nSPS) is 11.3. The van der Waals surface area contributed by atoms with Gasteiger partial charge in [-0.1, -0.05) is 42.5 Å². The maximum atomic E-state index is 11.4. The van der Waals surface area contributed by atoms with E-state index in [2.05, 4.69) is 6.07 Å². The Labute approximate surface area is 95.5 Å². The molecule has 81 valence electrons. The van der Waals surface area contributed by atoms with E-state index >= 15 is 0 Å². The molecule has 2 nitrogen and oxygen atoms in total. The van der Waals surface area contributed by atoms with Crippen molar-refractivity contribution in [1.29, 1.82) is 0 Å². The topological polar surface area (TPSA) is 34.1 Å². The van der Waals surface area contributed by atoms with Crippen LogP contribution in [-0.2, 0) is 9.84 Å². The number of hydrogen-bond acceptors (Lipinski definition) is 2. The Morgan fingerprint density at radius 3 is 2.25 bits per heavy atom. The average molecular weight is 231 g/mol. The van der Waals surface area contributed by atoms with Gasteiger partial charge in [-0.25, -0.2) is 8.42 Å². The number of benzene rings is 2. The Morgan fingerprint density at radius 1 is 0.938 bits per heavy atom. The van der Waals surface area contributed by atoms with Crippen molar-refractivity contribution in [2.75, 3.05) is 6.26 Å². The summed E-state index contributed by atoms with van der Waals surface area (Å²) in [4.78, 5) is 0.230. The highest BCUT2D eigenvalue weighted by Gasteiger charge is 2.08. The summed E-state index contributed by atoms with van der Waals surface area (Å²) in [6.45, 7) is 0. The van der Waals surface area contributed by atoms with Gasteiger partial charge in [0.1, 0.15) is 0 Å². The molecule has 0 spiro atoms. The second kappa shape index (κ2) is 4.10. The van der Waals surface area contributed by atoms with E-state index in [1.54, 1.807) is 12.1 Å². The van der Waals surface area contributed by atoms with Gasteiger partial charge in [-0.3, -0.25) is 0 Å². The van der Waals surface area contributed by atoms with Crippen LogP contribution in [0.15, 0.2) is 53.4 Å². The fourth-order valence-electron chi connectivity index (χ4n) is 1.45. The summed E-state index contributed by atoms with van der Waals surface area (Å²) in [6.07, 6.45) is 1.19. The molecule has 0 N–H and O–H groups in total. The monoisotopic (exact) mass is 231 g/mol. The van der Waals surface area contributed by atoms with Crippen molar-refractivity contribution in [3.8, 4) is 11.1 Å². The molecule has 0 unspecified atom stereocenters. The quantitative estimate of drug-likeness (QED) is 0.796. The average Bonchev–Trinajstić information content (AvgIpc) is 2.29. The molecule has 0 aliphatic carbocycles. The highest BCUT2D eigenvalue weighted by molar-refractivity contribution is 7.90. The second-order valence-electron chi connectivity index (χ2n) is 3.57. The first-order valence-corrected chi connectivity index (χ1v) is 6.74. The van der Waals surface area contributed by atoms with Gasteiger partial charge in [0.25, 0.3) is 0 Å².